The van der Waals surface area contributed by atoms with Gasteiger partial charge in [0.05, 0.1) is 19.3 Å². The predicted molar refractivity (Wildman–Crippen MR) is 93.1 cm³/mol. The van der Waals surface area contributed by atoms with Crippen LogP contribution in [0.25, 0.3) is 0 Å². The van der Waals surface area contributed by atoms with Crippen LogP contribution < -0.4 is 5.32 Å². The lowest BCUT2D eigenvalue weighted by Gasteiger charge is -2.40. The fourth-order valence-electron chi connectivity index (χ4n) is 4.77. The number of aliphatic hydroxyl groups excluding tert-OH is 1. The van der Waals surface area contributed by atoms with E-state index in [2.05, 4.69) is 26.1 Å². The van der Waals surface area contributed by atoms with Crippen LogP contribution in [0.2, 0.25) is 0 Å². The maximum Gasteiger partial charge on any atom is 0.128 e. The van der Waals surface area contributed by atoms with E-state index in [1.807, 2.05) is 0 Å². The third kappa shape index (κ3) is 3.12. The number of hydrogen-bond donors (Lipinski definition) is 2. The average Bonchev–Trinajstić information content (AvgIpc) is 2.88. The third-order valence-corrected chi connectivity index (χ3v) is 6.92. The van der Waals surface area contributed by atoms with E-state index in [4.69, 9.17) is 4.74 Å². The van der Waals surface area contributed by atoms with Crippen LogP contribution in [0.15, 0.2) is 24.3 Å². The molecule has 4 heteroatoms. The van der Waals surface area contributed by atoms with Gasteiger partial charge in [-0.1, -0.05) is 39.0 Å². The third-order valence-electron chi connectivity index (χ3n) is 6.92. The molecule has 24 heavy (non-hydrogen) atoms. The Morgan fingerprint density at radius 3 is 2.71 bits per heavy atom. The number of ether oxygens (including phenoxy) is 1. The van der Waals surface area contributed by atoms with E-state index in [-0.39, 0.29) is 19.0 Å². The minimum atomic E-state index is -0.567. The summed E-state index contributed by atoms with van der Waals surface area (Å²) < 4.78 is 19.0. The van der Waals surface area contributed by atoms with Crippen LogP contribution in [0.5, 0.6) is 0 Å². The van der Waals surface area contributed by atoms with Crippen LogP contribution in [0.4, 0.5) is 4.39 Å². The second kappa shape index (κ2) is 6.74. The first-order valence-corrected chi connectivity index (χ1v) is 9.07. The minimum absolute atomic E-state index is 0.194. The Labute approximate surface area is 144 Å². The molecular formula is C20H30FNO2. The van der Waals surface area contributed by atoms with Crippen molar-refractivity contribution in [3.63, 3.8) is 0 Å². The summed E-state index contributed by atoms with van der Waals surface area (Å²) in [5.74, 6) is 0.525. The molecule has 0 radical (unpaired) electrons. The largest absolute Gasteiger partial charge is 0.389 e. The van der Waals surface area contributed by atoms with Crippen LogP contribution in [0, 0.1) is 22.6 Å². The van der Waals surface area contributed by atoms with Gasteiger partial charge >= 0.3 is 0 Å². The van der Waals surface area contributed by atoms with Crippen molar-refractivity contribution in [2.45, 2.75) is 58.8 Å². The highest BCUT2D eigenvalue weighted by atomic mass is 19.1. The molecule has 0 unspecified atom stereocenters. The molecule has 1 aromatic carbocycles. The zero-order valence-corrected chi connectivity index (χ0v) is 15.0. The Bertz CT molecular complexity index is 577. The Morgan fingerprint density at radius 1 is 1.33 bits per heavy atom. The monoisotopic (exact) mass is 335 g/mol. The molecule has 3 rings (SSSR count). The molecule has 1 aromatic rings. The van der Waals surface area contributed by atoms with Crippen molar-refractivity contribution in [1.82, 2.24) is 5.32 Å². The number of halogens is 1. The fraction of sp³-hybridized carbons (Fsp3) is 0.700. The SMILES string of the molecule is CC1(C)[C@H]2CC[C@]1(C)[C@H](NC[C@@H](O)COCc1ccccc1F)C2. The fourth-order valence-corrected chi connectivity index (χ4v) is 4.77. The smallest absolute Gasteiger partial charge is 0.128 e. The van der Waals surface area contributed by atoms with Gasteiger partial charge < -0.3 is 15.2 Å². The van der Waals surface area contributed by atoms with Crippen LogP contribution >= 0.6 is 0 Å². The van der Waals surface area contributed by atoms with Crippen molar-refractivity contribution in [3.05, 3.63) is 35.6 Å². The van der Waals surface area contributed by atoms with Gasteiger partial charge in [-0.05, 0) is 42.1 Å². The molecule has 134 valence electrons. The van der Waals surface area contributed by atoms with Crippen molar-refractivity contribution >= 4 is 0 Å². The number of nitrogens with one attached hydrogen (secondary N) is 1. The first-order valence-electron chi connectivity index (χ1n) is 9.07. The van der Waals surface area contributed by atoms with Gasteiger partial charge in [0.25, 0.3) is 0 Å². The second-order valence-corrected chi connectivity index (χ2v) is 8.33. The van der Waals surface area contributed by atoms with E-state index in [9.17, 15) is 9.50 Å². The van der Waals surface area contributed by atoms with E-state index < -0.39 is 6.10 Å². The minimum Gasteiger partial charge on any atom is -0.389 e. The second-order valence-electron chi connectivity index (χ2n) is 8.33. The van der Waals surface area contributed by atoms with E-state index in [0.29, 0.717) is 29.0 Å². The van der Waals surface area contributed by atoms with E-state index in [1.165, 1.54) is 25.3 Å². The summed E-state index contributed by atoms with van der Waals surface area (Å²) in [5.41, 5.74) is 1.21. The normalized spacial score (nSPS) is 32.2. The standard InChI is InChI=1S/C20H30FNO2/c1-19(2)15-8-9-20(19,3)18(10-15)22-11-16(23)13-24-12-14-6-4-5-7-17(14)21/h4-7,15-16,18,22-23H,8-13H2,1-3H3/t15-,16+,18+,20+/m0/s1. The summed E-state index contributed by atoms with van der Waals surface area (Å²) in [4.78, 5) is 0. The van der Waals surface area contributed by atoms with Gasteiger partial charge in [0, 0.05) is 18.2 Å². The molecule has 2 fully saturated rings. The molecule has 2 saturated carbocycles. The zero-order chi connectivity index (χ0) is 17.4. The Balaban J connectivity index is 1.42. The van der Waals surface area contributed by atoms with E-state index in [0.717, 1.165) is 5.92 Å². The van der Waals surface area contributed by atoms with Crippen molar-refractivity contribution in [1.29, 1.82) is 0 Å². The van der Waals surface area contributed by atoms with Gasteiger partial charge in [0.1, 0.15) is 5.82 Å². The molecule has 2 aliphatic carbocycles. The Kier molecular flexibility index (Phi) is 5.01. The van der Waals surface area contributed by atoms with Gasteiger partial charge in [-0.15, -0.1) is 0 Å². The molecule has 0 spiro atoms. The van der Waals surface area contributed by atoms with Gasteiger partial charge in [-0.25, -0.2) is 4.39 Å². The Morgan fingerprint density at radius 2 is 2.08 bits per heavy atom. The average molecular weight is 335 g/mol. The summed E-state index contributed by atoms with van der Waals surface area (Å²) in [6, 6.07) is 7.05. The van der Waals surface area contributed by atoms with Crippen molar-refractivity contribution in [2.75, 3.05) is 13.2 Å². The summed E-state index contributed by atoms with van der Waals surface area (Å²) >= 11 is 0. The molecule has 0 aromatic heterocycles. The molecule has 0 saturated heterocycles. The first kappa shape index (κ1) is 17.8. The quantitative estimate of drug-likeness (QED) is 0.801. The Hall–Kier alpha value is -0.970. The highest BCUT2D eigenvalue weighted by Crippen LogP contribution is 2.65. The lowest BCUT2D eigenvalue weighted by molar-refractivity contribution is 0.0223. The highest BCUT2D eigenvalue weighted by Gasteiger charge is 2.60. The molecular weight excluding hydrogens is 305 g/mol. The van der Waals surface area contributed by atoms with Crippen LogP contribution in [0.1, 0.15) is 45.6 Å². The van der Waals surface area contributed by atoms with Gasteiger partial charge in [0.15, 0.2) is 0 Å². The molecule has 0 amide bonds. The molecule has 2 N–H and O–H groups in total. The van der Waals surface area contributed by atoms with Crippen molar-refractivity contribution < 1.29 is 14.2 Å². The maximum atomic E-state index is 13.5. The molecule has 0 aliphatic heterocycles. The van der Waals surface area contributed by atoms with Crippen molar-refractivity contribution in [3.8, 4) is 0 Å². The van der Waals surface area contributed by atoms with Gasteiger partial charge in [-0.2, -0.15) is 0 Å². The first-order chi connectivity index (χ1) is 11.3. The number of benzene rings is 1. The predicted octanol–water partition coefficient (Wildman–Crippen LogP) is 3.51. The number of fused-ring (bicyclic) bond motifs is 2. The highest BCUT2D eigenvalue weighted by molar-refractivity contribution is 5.16. The zero-order valence-electron chi connectivity index (χ0n) is 15.0. The lowest BCUT2D eigenvalue weighted by atomic mass is 9.69. The van der Waals surface area contributed by atoms with E-state index >= 15 is 0 Å². The summed E-state index contributed by atoms with van der Waals surface area (Å²) in [7, 11) is 0. The topological polar surface area (TPSA) is 41.5 Å². The van der Waals surface area contributed by atoms with Crippen molar-refractivity contribution in [2.24, 2.45) is 16.7 Å². The molecule has 0 heterocycles. The maximum absolute atomic E-state index is 13.5. The lowest BCUT2D eigenvalue weighted by Crippen LogP contribution is -2.47. The molecule has 3 nitrogen and oxygen atoms in total. The molecule has 2 bridgehead atoms. The molecule has 2 aliphatic rings. The summed E-state index contributed by atoms with van der Waals surface area (Å²) in [5, 5.41) is 13.7. The summed E-state index contributed by atoms with van der Waals surface area (Å²) in [6.07, 6.45) is 3.23. The van der Waals surface area contributed by atoms with Crippen LogP contribution in [-0.2, 0) is 11.3 Å². The van der Waals surface area contributed by atoms with Crippen LogP contribution in [-0.4, -0.2) is 30.4 Å². The number of rotatable bonds is 7. The summed E-state index contributed by atoms with van der Waals surface area (Å²) in [6.45, 7) is 8.11. The number of aliphatic hydroxyl groups is 1. The van der Waals surface area contributed by atoms with E-state index in [1.54, 1.807) is 18.2 Å². The van der Waals surface area contributed by atoms with Gasteiger partial charge in [0.2, 0.25) is 0 Å². The number of hydrogen-bond acceptors (Lipinski definition) is 3. The van der Waals surface area contributed by atoms with Gasteiger partial charge in [-0.3, -0.25) is 0 Å². The molecule has 4 atom stereocenters. The van der Waals surface area contributed by atoms with Crippen LogP contribution in [0.3, 0.4) is 0 Å².